The van der Waals surface area contributed by atoms with Crippen LogP contribution < -0.4 is 10.6 Å². The summed E-state index contributed by atoms with van der Waals surface area (Å²) in [6, 6.07) is 16.6. The van der Waals surface area contributed by atoms with E-state index in [1.165, 1.54) is 58.4 Å². The number of piperazine rings is 1. The molecule has 9 nitrogen and oxygen atoms in total. The second-order valence-electron chi connectivity index (χ2n) is 15.0. The summed E-state index contributed by atoms with van der Waals surface area (Å²) in [6.45, 7) is 6.23. The summed E-state index contributed by atoms with van der Waals surface area (Å²) in [5.74, 6) is 6.79. The average molecular weight is 701 g/mol. The molecule has 1 amide bonds. The number of rotatable bonds is 11. The van der Waals surface area contributed by atoms with Gasteiger partial charge in [-0.3, -0.25) is 19.5 Å². The second-order valence-corrected chi connectivity index (χ2v) is 15.0. The number of hydrogen-bond acceptors (Lipinski definition) is 8. The summed E-state index contributed by atoms with van der Waals surface area (Å²) in [5, 5.41) is 16.6. The smallest absolute Gasteiger partial charge is 0.255 e. The van der Waals surface area contributed by atoms with E-state index in [1.54, 1.807) is 12.2 Å². The van der Waals surface area contributed by atoms with Gasteiger partial charge in [-0.25, -0.2) is 4.98 Å². The Bertz CT molecular complexity index is 1810. The molecule has 2 atom stereocenters. The number of allylic oxidation sites excluding steroid dienone is 3. The Kier molecular flexibility index (Phi) is 12.1. The number of aliphatic hydroxyl groups excluding tert-OH is 1. The van der Waals surface area contributed by atoms with E-state index in [2.05, 4.69) is 37.3 Å². The Balaban J connectivity index is 0.898. The SMILES string of the molecule is O=C(NCC#Cc1ccc2ncc(N[C@H]3CC[C@H](N4CCN(CC5CC5)CC4)CC3)nc2c1)/C1=C/C=C\CC[C@H](C[C@H](CO)c2ccccc2)C1=O. The predicted molar refractivity (Wildman–Crippen MR) is 206 cm³/mol. The van der Waals surface area contributed by atoms with Gasteiger partial charge in [-0.05, 0) is 93.5 Å². The summed E-state index contributed by atoms with van der Waals surface area (Å²) < 4.78 is 0. The number of fused-ring (bicyclic) bond motifs is 1. The van der Waals surface area contributed by atoms with Crippen molar-refractivity contribution in [2.24, 2.45) is 11.8 Å². The molecule has 52 heavy (non-hydrogen) atoms. The van der Waals surface area contributed by atoms with Crippen molar-refractivity contribution in [3.63, 3.8) is 0 Å². The molecule has 2 aromatic carbocycles. The number of aliphatic hydroxyl groups is 1. The Morgan fingerprint density at radius 1 is 0.962 bits per heavy atom. The van der Waals surface area contributed by atoms with Crippen LogP contribution in [-0.2, 0) is 9.59 Å². The normalized spacial score (nSPS) is 25.1. The number of amides is 1. The zero-order valence-electron chi connectivity index (χ0n) is 30.2. The van der Waals surface area contributed by atoms with Gasteiger partial charge < -0.3 is 20.6 Å². The Hall–Kier alpha value is -4.36. The van der Waals surface area contributed by atoms with Crippen LogP contribution in [0.25, 0.3) is 11.0 Å². The van der Waals surface area contributed by atoms with Crippen molar-refractivity contribution >= 4 is 28.5 Å². The van der Waals surface area contributed by atoms with Crippen molar-refractivity contribution in [2.45, 2.75) is 75.8 Å². The zero-order valence-corrected chi connectivity index (χ0v) is 30.2. The number of hydrogen-bond donors (Lipinski definition) is 3. The van der Waals surface area contributed by atoms with Crippen molar-refractivity contribution in [2.75, 3.05) is 51.2 Å². The molecule has 3 aliphatic carbocycles. The van der Waals surface area contributed by atoms with Crippen LogP contribution in [0.3, 0.4) is 0 Å². The van der Waals surface area contributed by atoms with Gasteiger partial charge >= 0.3 is 0 Å². The third-order valence-electron chi connectivity index (χ3n) is 11.3. The Morgan fingerprint density at radius 2 is 1.77 bits per heavy atom. The van der Waals surface area contributed by atoms with Crippen molar-refractivity contribution in [1.82, 2.24) is 25.1 Å². The van der Waals surface area contributed by atoms with Crippen LogP contribution in [0.1, 0.15) is 74.8 Å². The molecule has 1 aromatic heterocycles. The van der Waals surface area contributed by atoms with Crippen LogP contribution in [0.5, 0.6) is 0 Å². The third kappa shape index (κ3) is 9.54. The second kappa shape index (κ2) is 17.4. The highest BCUT2D eigenvalue weighted by molar-refractivity contribution is 6.20. The first kappa shape index (κ1) is 36.0. The molecule has 1 aliphatic heterocycles. The number of aromatic nitrogens is 2. The number of nitrogens with zero attached hydrogens (tertiary/aromatic N) is 4. The fourth-order valence-electron chi connectivity index (χ4n) is 8.08. The lowest BCUT2D eigenvalue weighted by Gasteiger charge is -2.42. The minimum Gasteiger partial charge on any atom is -0.396 e. The molecular weight excluding hydrogens is 649 g/mol. The molecular formula is C43H52N6O3. The number of carbonyl (C=O) groups excluding carboxylic acids is 2. The average Bonchev–Trinajstić information content (AvgIpc) is 4.00. The third-order valence-corrected chi connectivity index (χ3v) is 11.3. The van der Waals surface area contributed by atoms with Gasteiger partial charge in [0.05, 0.1) is 29.3 Å². The minimum absolute atomic E-state index is 0.0536. The van der Waals surface area contributed by atoms with Gasteiger partial charge in [-0.1, -0.05) is 54.3 Å². The number of Topliss-reactive ketones (excluding diaryl/α,β-unsaturated/α-hetero) is 1. The van der Waals surface area contributed by atoms with E-state index in [0.29, 0.717) is 24.9 Å². The molecule has 1 saturated heterocycles. The van der Waals surface area contributed by atoms with Gasteiger partial charge in [0, 0.05) is 68.8 Å². The van der Waals surface area contributed by atoms with Gasteiger partial charge in [-0.2, -0.15) is 0 Å². The van der Waals surface area contributed by atoms with Gasteiger partial charge in [0.15, 0.2) is 5.78 Å². The van der Waals surface area contributed by atoms with Crippen molar-refractivity contribution in [3.05, 3.63) is 89.7 Å². The summed E-state index contributed by atoms with van der Waals surface area (Å²) in [5.41, 5.74) is 3.49. The van der Waals surface area contributed by atoms with E-state index in [1.807, 2.05) is 60.8 Å². The van der Waals surface area contributed by atoms with Crippen LogP contribution in [0.2, 0.25) is 0 Å². The van der Waals surface area contributed by atoms with Gasteiger partial charge in [0.25, 0.3) is 5.91 Å². The van der Waals surface area contributed by atoms with E-state index in [0.717, 1.165) is 53.2 Å². The largest absolute Gasteiger partial charge is 0.396 e. The molecule has 3 fully saturated rings. The molecule has 0 radical (unpaired) electrons. The lowest BCUT2D eigenvalue weighted by molar-refractivity contribution is -0.124. The van der Waals surface area contributed by atoms with Crippen LogP contribution in [0.15, 0.2) is 78.5 Å². The predicted octanol–water partition coefficient (Wildman–Crippen LogP) is 5.48. The van der Waals surface area contributed by atoms with E-state index in [-0.39, 0.29) is 36.3 Å². The molecule has 3 aromatic rings. The molecule has 0 spiro atoms. The summed E-state index contributed by atoms with van der Waals surface area (Å²) in [6.07, 6.45) is 16.6. The maximum absolute atomic E-state index is 13.6. The lowest BCUT2D eigenvalue weighted by Crippen LogP contribution is -2.51. The summed E-state index contributed by atoms with van der Waals surface area (Å²) in [4.78, 5) is 41.7. The molecule has 2 heterocycles. The van der Waals surface area contributed by atoms with E-state index < -0.39 is 5.91 Å². The summed E-state index contributed by atoms with van der Waals surface area (Å²) >= 11 is 0. The minimum atomic E-state index is -0.434. The summed E-state index contributed by atoms with van der Waals surface area (Å²) in [7, 11) is 0. The maximum Gasteiger partial charge on any atom is 0.255 e. The van der Waals surface area contributed by atoms with Crippen LogP contribution >= 0.6 is 0 Å². The fraction of sp³-hybridized carbons (Fsp3) is 0.488. The molecule has 9 heteroatoms. The number of benzene rings is 2. The highest BCUT2D eigenvalue weighted by atomic mass is 16.3. The van der Waals surface area contributed by atoms with Crippen LogP contribution in [0, 0.1) is 23.7 Å². The topological polar surface area (TPSA) is 111 Å². The molecule has 3 N–H and O–H groups in total. The number of ketones is 1. The molecule has 2 saturated carbocycles. The van der Waals surface area contributed by atoms with Crippen molar-refractivity contribution in [1.29, 1.82) is 0 Å². The van der Waals surface area contributed by atoms with Crippen molar-refractivity contribution in [3.8, 4) is 11.8 Å². The fourth-order valence-corrected chi connectivity index (χ4v) is 8.08. The Morgan fingerprint density at radius 3 is 2.54 bits per heavy atom. The quantitative estimate of drug-likeness (QED) is 0.178. The Labute approximate surface area is 308 Å². The van der Waals surface area contributed by atoms with E-state index in [9.17, 15) is 14.7 Å². The molecule has 4 aliphatic rings. The van der Waals surface area contributed by atoms with Crippen molar-refractivity contribution < 1.29 is 14.7 Å². The number of anilines is 1. The maximum atomic E-state index is 13.6. The van der Waals surface area contributed by atoms with Crippen LogP contribution in [0.4, 0.5) is 5.82 Å². The van der Waals surface area contributed by atoms with Gasteiger partial charge in [0.2, 0.25) is 0 Å². The monoisotopic (exact) mass is 700 g/mol. The highest BCUT2D eigenvalue weighted by Gasteiger charge is 2.31. The standard InChI is InChI=1S/C43H52N6O3/c50-30-35(33-9-3-1-4-10-33)27-34-11-5-2-6-12-38(42(34)51)43(52)44-21-7-8-31-15-20-39-40(26-31)47-41(28-45-39)46-36-16-18-37(19-17-36)49-24-22-48(23-25-49)29-32-13-14-32/h1-4,6,9-10,12,15,20,26,28,32,34-37,50H,5,11,13-14,16-19,21-25,27,29-30H2,(H,44,52)(H,46,47)/b6-2-,38-12+/t34-,35-,36-,37-/m1/s1. The molecule has 0 bridgehead atoms. The lowest BCUT2D eigenvalue weighted by atomic mass is 9.81. The number of nitrogens with one attached hydrogen (secondary N) is 2. The molecule has 7 rings (SSSR count). The van der Waals surface area contributed by atoms with Gasteiger partial charge in [0.1, 0.15) is 5.82 Å². The highest BCUT2D eigenvalue weighted by Crippen LogP contribution is 2.32. The van der Waals surface area contributed by atoms with Crippen LogP contribution in [-0.4, -0.2) is 94.5 Å². The first-order valence-electron chi connectivity index (χ1n) is 19.4. The first-order chi connectivity index (χ1) is 25.5. The van der Waals surface area contributed by atoms with Gasteiger partial charge in [-0.15, -0.1) is 0 Å². The van der Waals surface area contributed by atoms with E-state index in [4.69, 9.17) is 4.98 Å². The molecule has 0 unspecified atom stereocenters. The number of carbonyl (C=O) groups is 2. The first-order valence-corrected chi connectivity index (χ1v) is 19.4. The van der Waals surface area contributed by atoms with E-state index >= 15 is 0 Å². The molecule has 272 valence electrons. The zero-order chi connectivity index (χ0) is 35.7.